The largest absolute Gasteiger partial charge is 0.273 e. The van der Waals surface area contributed by atoms with Crippen molar-refractivity contribution in [1.82, 2.24) is 20.2 Å². The summed E-state index contributed by atoms with van der Waals surface area (Å²) in [4.78, 5) is 16.2. The van der Waals surface area contributed by atoms with Crippen molar-refractivity contribution in [3.63, 3.8) is 0 Å². The van der Waals surface area contributed by atoms with Crippen molar-refractivity contribution in [3.8, 4) is 5.69 Å². The number of carbonyl (C=O) groups is 1. The van der Waals surface area contributed by atoms with Crippen molar-refractivity contribution in [2.24, 2.45) is 5.10 Å². The predicted octanol–water partition coefficient (Wildman–Crippen LogP) is 2.95. The lowest BCUT2D eigenvalue weighted by molar-refractivity contribution is -0.120. The first kappa shape index (κ1) is 17.0. The molecule has 0 bridgehead atoms. The summed E-state index contributed by atoms with van der Waals surface area (Å²) in [6.07, 6.45) is 1.87. The Morgan fingerprint density at radius 1 is 1.28 bits per heavy atom. The molecular weight excluding hydrogens is 334 g/mol. The molecule has 0 aliphatic heterocycles. The van der Waals surface area contributed by atoms with Crippen LogP contribution in [0.25, 0.3) is 5.69 Å². The maximum atomic E-state index is 11.9. The Hall–Kier alpha value is -2.80. The van der Waals surface area contributed by atoms with Gasteiger partial charge >= 0.3 is 0 Å². The van der Waals surface area contributed by atoms with Crippen molar-refractivity contribution in [3.05, 3.63) is 63.4 Å². The van der Waals surface area contributed by atoms with Crippen molar-refractivity contribution in [1.29, 1.82) is 0 Å². The molecule has 0 saturated heterocycles. The van der Waals surface area contributed by atoms with Crippen LogP contribution >= 0.6 is 11.3 Å². The lowest BCUT2D eigenvalue weighted by Crippen LogP contribution is -2.19. The molecule has 0 unspecified atom stereocenters. The van der Waals surface area contributed by atoms with Crippen molar-refractivity contribution >= 4 is 23.5 Å². The van der Waals surface area contributed by atoms with Gasteiger partial charge in [-0.3, -0.25) is 4.79 Å². The first-order valence-corrected chi connectivity index (χ1v) is 8.77. The van der Waals surface area contributed by atoms with Gasteiger partial charge < -0.3 is 0 Å². The van der Waals surface area contributed by atoms with Crippen LogP contribution in [-0.2, 0) is 11.2 Å². The topological polar surface area (TPSA) is 72.2 Å². The summed E-state index contributed by atoms with van der Waals surface area (Å²) < 4.78 is 1.87. The van der Waals surface area contributed by atoms with E-state index < -0.39 is 0 Å². The van der Waals surface area contributed by atoms with Crippen LogP contribution in [0.3, 0.4) is 0 Å². The number of para-hydroxylation sites is 1. The van der Waals surface area contributed by atoms with Gasteiger partial charge in [0.2, 0.25) is 5.91 Å². The molecule has 0 spiro atoms. The molecule has 7 heteroatoms. The van der Waals surface area contributed by atoms with Crippen molar-refractivity contribution in [2.75, 3.05) is 0 Å². The van der Waals surface area contributed by atoms with E-state index in [9.17, 15) is 4.79 Å². The highest BCUT2D eigenvalue weighted by atomic mass is 32.1. The van der Waals surface area contributed by atoms with E-state index in [1.807, 2.05) is 61.2 Å². The van der Waals surface area contributed by atoms with E-state index in [0.717, 1.165) is 33.3 Å². The lowest BCUT2D eigenvalue weighted by Gasteiger charge is -2.03. The van der Waals surface area contributed by atoms with Gasteiger partial charge in [0.25, 0.3) is 0 Å². The molecule has 1 aromatic carbocycles. The summed E-state index contributed by atoms with van der Waals surface area (Å²) in [5.74, 6) is -0.184. The molecule has 0 saturated carbocycles. The van der Waals surface area contributed by atoms with Gasteiger partial charge in [0.05, 0.1) is 29.7 Å². The Balaban J connectivity index is 1.69. The van der Waals surface area contributed by atoms with Crippen LogP contribution < -0.4 is 5.43 Å². The van der Waals surface area contributed by atoms with Gasteiger partial charge in [-0.25, -0.2) is 15.1 Å². The maximum Gasteiger partial charge on any atom is 0.246 e. The third kappa shape index (κ3) is 4.00. The van der Waals surface area contributed by atoms with Gasteiger partial charge in [0.15, 0.2) is 0 Å². The zero-order valence-corrected chi connectivity index (χ0v) is 15.2. The summed E-state index contributed by atoms with van der Waals surface area (Å²) in [7, 11) is 0. The number of nitrogens with one attached hydrogen (secondary N) is 1. The molecule has 128 valence electrons. The fourth-order valence-corrected chi connectivity index (χ4v) is 3.26. The third-order valence-electron chi connectivity index (χ3n) is 3.71. The molecule has 2 aromatic heterocycles. The van der Waals surface area contributed by atoms with Crippen molar-refractivity contribution in [2.45, 2.75) is 27.2 Å². The molecule has 25 heavy (non-hydrogen) atoms. The number of hydrogen-bond acceptors (Lipinski definition) is 5. The second kappa shape index (κ2) is 7.40. The predicted molar refractivity (Wildman–Crippen MR) is 99.3 cm³/mol. The summed E-state index contributed by atoms with van der Waals surface area (Å²) in [6.45, 7) is 5.81. The molecule has 0 aliphatic rings. The number of aryl methyl sites for hydroxylation is 2. The second-order valence-electron chi connectivity index (χ2n) is 5.68. The number of amides is 1. The Kier molecular flexibility index (Phi) is 5.04. The highest BCUT2D eigenvalue weighted by Crippen LogP contribution is 2.16. The fraction of sp³-hybridized carbons (Fsp3) is 0.222. The quantitative estimate of drug-likeness (QED) is 0.566. The lowest BCUT2D eigenvalue weighted by atomic mass is 10.2. The molecule has 3 rings (SSSR count). The molecule has 0 atom stereocenters. The van der Waals surface area contributed by atoms with Crippen molar-refractivity contribution < 1.29 is 4.79 Å². The molecule has 1 N–H and O–H groups in total. The number of hydrogen-bond donors (Lipinski definition) is 1. The van der Waals surface area contributed by atoms with Gasteiger partial charge in [-0.15, -0.1) is 11.3 Å². The number of thiazole rings is 1. The van der Waals surface area contributed by atoms with Crippen LogP contribution in [0.4, 0.5) is 0 Å². The number of aromatic nitrogens is 3. The Labute approximate surface area is 150 Å². The fourth-order valence-electron chi connectivity index (χ4n) is 2.49. The van der Waals surface area contributed by atoms with E-state index in [2.05, 4.69) is 20.6 Å². The molecule has 6 nitrogen and oxygen atoms in total. The van der Waals surface area contributed by atoms with E-state index in [4.69, 9.17) is 0 Å². The molecule has 0 aliphatic carbocycles. The summed E-state index contributed by atoms with van der Waals surface area (Å²) in [5, 5.41) is 11.3. The number of hydrazone groups is 1. The Morgan fingerprint density at radius 2 is 2.04 bits per heavy atom. The monoisotopic (exact) mass is 353 g/mol. The molecule has 2 heterocycles. The van der Waals surface area contributed by atoms with Gasteiger partial charge in [0.1, 0.15) is 5.01 Å². The molecule has 0 radical (unpaired) electrons. The molecule has 0 fully saturated rings. The van der Waals surface area contributed by atoms with E-state index in [1.165, 1.54) is 11.3 Å². The van der Waals surface area contributed by atoms with Crippen LogP contribution in [0.15, 0.2) is 40.8 Å². The molecule has 1 amide bonds. The van der Waals surface area contributed by atoms with Crippen LogP contribution in [0.5, 0.6) is 0 Å². The van der Waals surface area contributed by atoms with Gasteiger partial charge in [-0.05, 0) is 32.9 Å². The minimum Gasteiger partial charge on any atom is -0.273 e. The number of benzene rings is 1. The van der Waals surface area contributed by atoms with Crippen LogP contribution in [0, 0.1) is 20.8 Å². The first-order chi connectivity index (χ1) is 12.0. The zero-order chi connectivity index (χ0) is 17.8. The zero-order valence-electron chi connectivity index (χ0n) is 14.4. The average molecular weight is 353 g/mol. The second-order valence-corrected chi connectivity index (χ2v) is 6.63. The highest BCUT2D eigenvalue weighted by molar-refractivity contribution is 7.09. The average Bonchev–Trinajstić information content (AvgIpc) is 3.13. The smallest absolute Gasteiger partial charge is 0.246 e. The summed E-state index contributed by atoms with van der Waals surface area (Å²) in [6, 6.07) is 9.91. The van der Waals surface area contributed by atoms with Gasteiger partial charge in [-0.1, -0.05) is 18.2 Å². The first-order valence-electron chi connectivity index (χ1n) is 7.89. The van der Waals surface area contributed by atoms with Crippen LogP contribution in [0.1, 0.15) is 27.7 Å². The molecular formula is C18H19N5OS. The number of nitrogens with zero attached hydrogens (tertiary/aromatic N) is 4. The van der Waals surface area contributed by atoms with E-state index >= 15 is 0 Å². The standard InChI is InChI=1S/C18H19N5OS/c1-12-11-25-18(20-12)9-17(24)21-19-10-16-13(2)22-23(14(16)3)15-7-5-4-6-8-15/h4-8,10-11H,9H2,1-3H3,(H,21,24)/b19-10-. The maximum absolute atomic E-state index is 11.9. The van der Waals surface area contributed by atoms with E-state index in [1.54, 1.807) is 6.21 Å². The third-order valence-corrected chi connectivity index (χ3v) is 4.68. The number of carbonyl (C=O) groups excluding carboxylic acids is 1. The van der Waals surface area contributed by atoms with E-state index in [-0.39, 0.29) is 12.3 Å². The van der Waals surface area contributed by atoms with Gasteiger partial charge in [-0.2, -0.15) is 10.2 Å². The van der Waals surface area contributed by atoms with Crippen LogP contribution in [0.2, 0.25) is 0 Å². The van der Waals surface area contributed by atoms with Gasteiger partial charge in [0, 0.05) is 16.6 Å². The Bertz CT molecular complexity index is 911. The summed E-state index contributed by atoms with van der Waals surface area (Å²) in [5.41, 5.74) is 7.19. The molecule has 3 aromatic rings. The minimum absolute atomic E-state index is 0.184. The number of rotatable bonds is 5. The summed E-state index contributed by atoms with van der Waals surface area (Å²) >= 11 is 1.48. The normalized spacial score (nSPS) is 11.2. The van der Waals surface area contributed by atoms with Crippen LogP contribution in [-0.4, -0.2) is 26.9 Å². The van der Waals surface area contributed by atoms with E-state index in [0.29, 0.717) is 0 Å². The SMILES string of the molecule is Cc1csc(CC(=O)N/N=C\c2c(C)nn(-c3ccccc3)c2C)n1. The minimum atomic E-state index is -0.184. The highest BCUT2D eigenvalue weighted by Gasteiger charge is 2.11. The Morgan fingerprint density at radius 3 is 2.72 bits per heavy atom.